The number of hydrogen-bond acceptors (Lipinski definition) is 4. The SMILES string of the molecule is CCC(c1nnc(SCc2c(F)cccc2Cl)n1Cc1ccccc1)N(C)C. The van der Waals surface area contributed by atoms with Crippen molar-refractivity contribution in [3.05, 3.63) is 76.3 Å². The number of hydrogen-bond donors (Lipinski definition) is 0. The first-order valence-corrected chi connectivity index (χ1v) is 10.6. The molecule has 1 unspecified atom stereocenters. The van der Waals surface area contributed by atoms with E-state index in [-0.39, 0.29) is 11.9 Å². The Morgan fingerprint density at radius 2 is 1.86 bits per heavy atom. The molecule has 0 amide bonds. The lowest BCUT2D eigenvalue weighted by Crippen LogP contribution is -2.23. The van der Waals surface area contributed by atoms with Crippen LogP contribution in [0.4, 0.5) is 4.39 Å². The molecule has 7 heteroatoms. The molecular formula is C21H24ClFN4S. The Morgan fingerprint density at radius 3 is 2.50 bits per heavy atom. The van der Waals surface area contributed by atoms with Gasteiger partial charge in [-0.25, -0.2) is 4.39 Å². The molecule has 28 heavy (non-hydrogen) atoms. The van der Waals surface area contributed by atoms with Crippen LogP contribution in [0.15, 0.2) is 53.7 Å². The van der Waals surface area contributed by atoms with Gasteiger partial charge >= 0.3 is 0 Å². The van der Waals surface area contributed by atoms with Crippen LogP contribution in [0.25, 0.3) is 0 Å². The summed E-state index contributed by atoms with van der Waals surface area (Å²) in [6.07, 6.45) is 0.920. The molecule has 0 spiro atoms. The quantitative estimate of drug-likeness (QED) is 0.457. The first-order valence-electron chi connectivity index (χ1n) is 9.20. The number of nitrogens with zero attached hydrogens (tertiary/aromatic N) is 4. The maximum Gasteiger partial charge on any atom is 0.191 e. The van der Waals surface area contributed by atoms with Crippen LogP contribution in [-0.2, 0) is 12.3 Å². The zero-order valence-electron chi connectivity index (χ0n) is 16.3. The normalized spacial score (nSPS) is 12.5. The fourth-order valence-corrected chi connectivity index (χ4v) is 4.44. The fourth-order valence-electron chi connectivity index (χ4n) is 3.15. The van der Waals surface area contributed by atoms with Gasteiger partial charge in [-0.3, -0.25) is 4.90 Å². The molecule has 0 N–H and O–H groups in total. The second-order valence-corrected chi connectivity index (χ2v) is 8.14. The van der Waals surface area contributed by atoms with Crippen molar-refractivity contribution >= 4 is 23.4 Å². The molecule has 0 saturated carbocycles. The summed E-state index contributed by atoms with van der Waals surface area (Å²) in [4.78, 5) is 2.15. The average molecular weight is 419 g/mol. The first kappa shape index (κ1) is 20.8. The summed E-state index contributed by atoms with van der Waals surface area (Å²) in [5.74, 6) is 1.02. The number of rotatable bonds is 8. The number of halogens is 2. The van der Waals surface area contributed by atoms with Gasteiger partial charge in [0.25, 0.3) is 0 Å². The monoisotopic (exact) mass is 418 g/mol. The topological polar surface area (TPSA) is 34.0 Å². The maximum atomic E-state index is 14.1. The second-order valence-electron chi connectivity index (χ2n) is 6.79. The standard InChI is InChI=1S/C21H24ClFN4S/c1-4-19(26(2)3)20-24-25-21(27(20)13-15-9-6-5-7-10-15)28-14-16-17(22)11-8-12-18(16)23/h5-12,19H,4,13-14H2,1-3H3. The van der Waals surface area contributed by atoms with Crippen molar-refractivity contribution in [1.29, 1.82) is 0 Å². The second kappa shape index (κ2) is 9.54. The number of thioether (sulfide) groups is 1. The van der Waals surface area contributed by atoms with Gasteiger partial charge in [0.2, 0.25) is 0 Å². The molecule has 0 aliphatic heterocycles. The highest BCUT2D eigenvalue weighted by Crippen LogP contribution is 2.30. The Morgan fingerprint density at radius 1 is 1.11 bits per heavy atom. The van der Waals surface area contributed by atoms with Crippen molar-refractivity contribution in [3.8, 4) is 0 Å². The van der Waals surface area contributed by atoms with Gasteiger partial charge in [0, 0.05) is 16.3 Å². The summed E-state index contributed by atoms with van der Waals surface area (Å²) in [6.45, 7) is 2.80. The minimum atomic E-state index is -0.297. The van der Waals surface area contributed by atoms with Crippen LogP contribution in [-0.4, -0.2) is 33.8 Å². The van der Waals surface area contributed by atoms with Gasteiger partial charge in [0.15, 0.2) is 11.0 Å². The van der Waals surface area contributed by atoms with Crippen LogP contribution in [0.5, 0.6) is 0 Å². The molecule has 2 aromatic carbocycles. The number of aromatic nitrogens is 3. The summed E-state index contributed by atoms with van der Waals surface area (Å²) in [5.41, 5.74) is 1.66. The molecule has 0 fully saturated rings. The molecule has 3 rings (SSSR count). The Labute approximate surface area is 174 Å². The third kappa shape index (κ3) is 4.74. The van der Waals surface area contributed by atoms with E-state index < -0.39 is 0 Å². The van der Waals surface area contributed by atoms with Crippen molar-refractivity contribution in [1.82, 2.24) is 19.7 Å². The highest BCUT2D eigenvalue weighted by molar-refractivity contribution is 7.98. The third-order valence-electron chi connectivity index (χ3n) is 4.64. The predicted octanol–water partition coefficient (Wildman–Crippen LogP) is 5.42. The molecular weight excluding hydrogens is 395 g/mol. The molecule has 3 aromatic rings. The van der Waals surface area contributed by atoms with Crippen LogP contribution in [0.1, 0.15) is 36.3 Å². The van der Waals surface area contributed by atoms with Gasteiger partial charge in [-0.2, -0.15) is 0 Å². The van der Waals surface area contributed by atoms with E-state index >= 15 is 0 Å². The Bertz CT molecular complexity index is 894. The Balaban J connectivity index is 1.92. The van der Waals surface area contributed by atoms with Gasteiger partial charge in [-0.1, -0.05) is 66.7 Å². The zero-order chi connectivity index (χ0) is 20.1. The molecule has 1 atom stereocenters. The van der Waals surface area contributed by atoms with Crippen LogP contribution in [0.2, 0.25) is 5.02 Å². The van der Waals surface area contributed by atoms with E-state index in [0.717, 1.165) is 17.4 Å². The first-order chi connectivity index (χ1) is 13.5. The van der Waals surface area contributed by atoms with Crippen LogP contribution < -0.4 is 0 Å². The summed E-state index contributed by atoms with van der Waals surface area (Å²) in [7, 11) is 4.09. The number of benzene rings is 2. The minimum absolute atomic E-state index is 0.155. The summed E-state index contributed by atoms with van der Waals surface area (Å²) >= 11 is 7.64. The smallest absolute Gasteiger partial charge is 0.191 e. The zero-order valence-corrected chi connectivity index (χ0v) is 17.8. The van der Waals surface area contributed by atoms with Crippen molar-refractivity contribution in [2.24, 2.45) is 0 Å². The van der Waals surface area contributed by atoms with Gasteiger partial charge in [0.1, 0.15) is 5.82 Å². The largest absolute Gasteiger partial charge is 0.300 e. The van der Waals surface area contributed by atoms with E-state index in [2.05, 4.69) is 38.7 Å². The lowest BCUT2D eigenvalue weighted by Gasteiger charge is -2.23. The highest BCUT2D eigenvalue weighted by Gasteiger charge is 2.22. The van der Waals surface area contributed by atoms with Crippen LogP contribution in [0.3, 0.4) is 0 Å². The molecule has 0 aliphatic carbocycles. The van der Waals surface area contributed by atoms with E-state index in [1.807, 2.05) is 32.3 Å². The van der Waals surface area contributed by atoms with Gasteiger partial charge in [0.05, 0.1) is 12.6 Å². The average Bonchev–Trinajstić information content (AvgIpc) is 3.05. The van der Waals surface area contributed by atoms with Gasteiger partial charge < -0.3 is 4.57 Å². The summed E-state index contributed by atoms with van der Waals surface area (Å²) in [6, 6.07) is 15.1. The Kier molecular flexibility index (Phi) is 7.10. The van der Waals surface area contributed by atoms with Crippen molar-refractivity contribution in [3.63, 3.8) is 0 Å². The maximum absolute atomic E-state index is 14.1. The van der Waals surface area contributed by atoms with Crippen molar-refractivity contribution < 1.29 is 4.39 Å². The molecule has 1 heterocycles. The van der Waals surface area contributed by atoms with E-state index in [9.17, 15) is 4.39 Å². The minimum Gasteiger partial charge on any atom is -0.300 e. The van der Waals surface area contributed by atoms with Crippen LogP contribution in [0, 0.1) is 5.82 Å². The van der Waals surface area contributed by atoms with E-state index in [1.165, 1.54) is 23.4 Å². The molecule has 1 aromatic heterocycles. The summed E-state index contributed by atoms with van der Waals surface area (Å²) < 4.78 is 16.3. The van der Waals surface area contributed by atoms with Crippen molar-refractivity contribution in [2.45, 2.75) is 36.8 Å². The molecule has 0 bridgehead atoms. The van der Waals surface area contributed by atoms with Gasteiger partial charge in [-0.05, 0) is 38.2 Å². The summed E-state index contributed by atoms with van der Waals surface area (Å²) in [5, 5.41) is 10.1. The fraction of sp³-hybridized carbons (Fsp3) is 0.333. The van der Waals surface area contributed by atoms with E-state index in [1.54, 1.807) is 12.1 Å². The third-order valence-corrected chi connectivity index (χ3v) is 5.99. The van der Waals surface area contributed by atoms with E-state index in [4.69, 9.17) is 11.6 Å². The molecule has 148 valence electrons. The molecule has 4 nitrogen and oxygen atoms in total. The Hall–Kier alpha value is -1.89. The molecule has 0 aliphatic rings. The van der Waals surface area contributed by atoms with Crippen molar-refractivity contribution in [2.75, 3.05) is 14.1 Å². The lowest BCUT2D eigenvalue weighted by molar-refractivity contribution is 0.272. The molecule has 0 radical (unpaired) electrons. The molecule has 0 saturated heterocycles. The lowest BCUT2D eigenvalue weighted by atomic mass is 10.2. The highest BCUT2D eigenvalue weighted by atomic mass is 35.5. The van der Waals surface area contributed by atoms with Crippen LogP contribution >= 0.6 is 23.4 Å². The predicted molar refractivity (Wildman–Crippen MR) is 113 cm³/mol. The van der Waals surface area contributed by atoms with Gasteiger partial charge in [-0.15, -0.1) is 10.2 Å². The van der Waals surface area contributed by atoms with E-state index in [0.29, 0.717) is 22.9 Å².